The lowest BCUT2D eigenvalue weighted by Crippen LogP contribution is -2.16. The molecule has 1 aromatic rings. The zero-order chi connectivity index (χ0) is 11.6. The van der Waals surface area contributed by atoms with Gasteiger partial charge in [-0.3, -0.25) is 0 Å². The fraction of sp³-hybridized carbons (Fsp3) is 0.571. The van der Waals surface area contributed by atoms with Crippen LogP contribution in [-0.2, 0) is 17.8 Å². The molecule has 0 saturated heterocycles. The van der Waals surface area contributed by atoms with Gasteiger partial charge in [0, 0.05) is 6.61 Å². The van der Waals surface area contributed by atoms with Crippen molar-refractivity contribution in [1.82, 2.24) is 5.32 Å². The Bertz CT molecular complexity index is 257. The lowest BCUT2D eigenvalue weighted by atomic mass is 10.1. The SMILES string of the molecule is CCCOCc1ccccc1CCNCC. The second-order valence-electron chi connectivity index (χ2n) is 3.92. The maximum Gasteiger partial charge on any atom is 0.0719 e. The van der Waals surface area contributed by atoms with Gasteiger partial charge in [0.2, 0.25) is 0 Å². The highest BCUT2D eigenvalue weighted by Crippen LogP contribution is 2.10. The van der Waals surface area contributed by atoms with Gasteiger partial charge in [-0.2, -0.15) is 0 Å². The molecule has 0 fully saturated rings. The first-order valence-corrected chi connectivity index (χ1v) is 6.23. The zero-order valence-electron chi connectivity index (χ0n) is 10.5. The molecule has 16 heavy (non-hydrogen) atoms. The van der Waals surface area contributed by atoms with Gasteiger partial charge >= 0.3 is 0 Å². The van der Waals surface area contributed by atoms with Gasteiger partial charge in [0.25, 0.3) is 0 Å². The van der Waals surface area contributed by atoms with Crippen LogP contribution in [-0.4, -0.2) is 19.7 Å². The van der Waals surface area contributed by atoms with Crippen molar-refractivity contribution >= 4 is 0 Å². The molecule has 1 aromatic carbocycles. The molecule has 2 heteroatoms. The molecule has 0 amide bonds. The Labute approximate surface area is 99.0 Å². The van der Waals surface area contributed by atoms with Gasteiger partial charge in [0.1, 0.15) is 0 Å². The summed E-state index contributed by atoms with van der Waals surface area (Å²) in [5.41, 5.74) is 2.73. The summed E-state index contributed by atoms with van der Waals surface area (Å²) in [5.74, 6) is 0. The third kappa shape index (κ3) is 4.77. The van der Waals surface area contributed by atoms with Crippen LogP contribution in [0.15, 0.2) is 24.3 Å². The van der Waals surface area contributed by atoms with E-state index in [4.69, 9.17) is 4.74 Å². The summed E-state index contributed by atoms with van der Waals surface area (Å²) < 4.78 is 5.60. The van der Waals surface area contributed by atoms with Gasteiger partial charge in [-0.25, -0.2) is 0 Å². The molecule has 2 nitrogen and oxygen atoms in total. The lowest BCUT2D eigenvalue weighted by Gasteiger charge is -2.10. The zero-order valence-corrected chi connectivity index (χ0v) is 10.5. The Morgan fingerprint density at radius 1 is 1.12 bits per heavy atom. The average Bonchev–Trinajstić information content (AvgIpc) is 2.32. The third-order valence-corrected chi connectivity index (χ3v) is 2.55. The van der Waals surface area contributed by atoms with Crippen LogP contribution in [0.2, 0.25) is 0 Å². The summed E-state index contributed by atoms with van der Waals surface area (Å²) in [6.07, 6.45) is 2.17. The number of benzene rings is 1. The number of hydrogen-bond acceptors (Lipinski definition) is 2. The van der Waals surface area contributed by atoms with E-state index in [9.17, 15) is 0 Å². The Morgan fingerprint density at radius 3 is 2.56 bits per heavy atom. The highest BCUT2D eigenvalue weighted by Gasteiger charge is 2.01. The van der Waals surface area contributed by atoms with Crippen molar-refractivity contribution in [3.8, 4) is 0 Å². The van der Waals surface area contributed by atoms with Crippen LogP contribution in [0.1, 0.15) is 31.4 Å². The van der Waals surface area contributed by atoms with Crippen molar-refractivity contribution in [2.75, 3.05) is 19.7 Å². The van der Waals surface area contributed by atoms with E-state index >= 15 is 0 Å². The Hall–Kier alpha value is -0.860. The van der Waals surface area contributed by atoms with E-state index in [-0.39, 0.29) is 0 Å². The maximum absolute atomic E-state index is 5.60. The molecule has 0 spiro atoms. The fourth-order valence-electron chi connectivity index (χ4n) is 1.67. The van der Waals surface area contributed by atoms with Crippen molar-refractivity contribution < 1.29 is 4.74 Å². The van der Waals surface area contributed by atoms with Crippen LogP contribution >= 0.6 is 0 Å². The van der Waals surface area contributed by atoms with Crippen LogP contribution in [0.25, 0.3) is 0 Å². The maximum atomic E-state index is 5.60. The van der Waals surface area contributed by atoms with E-state index in [2.05, 4.69) is 43.4 Å². The van der Waals surface area contributed by atoms with E-state index in [1.54, 1.807) is 0 Å². The predicted molar refractivity (Wildman–Crippen MR) is 68.6 cm³/mol. The van der Waals surface area contributed by atoms with Crippen molar-refractivity contribution in [3.63, 3.8) is 0 Å². The van der Waals surface area contributed by atoms with Crippen LogP contribution in [0.5, 0.6) is 0 Å². The molecule has 0 radical (unpaired) electrons. The van der Waals surface area contributed by atoms with Gasteiger partial charge in [-0.1, -0.05) is 38.1 Å². The molecule has 0 heterocycles. The second kappa shape index (κ2) is 8.31. The molecular weight excluding hydrogens is 198 g/mol. The van der Waals surface area contributed by atoms with Gasteiger partial charge in [-0.05, 0) is 37.1 Å². The minimum absolute atomic E-state index is 0.746. The molecule has 0 unspecified atom stereocenters. The number of rotatable bonds is 8. The van der Waals surface area contributed by atoms with Crippen LogP contribution in [0.3, 0.4) is 0 Å². The fourth-order valence-corrected chi connectivity index (χ4v) is 1.67. The Balaban J connectivity index is 2.46. The molecule has 0 bridgehead atoms. The number of nitrogens with one attached hydrogen (secondary N) is 1. The van der Waals surface area contributed by atoms with E-state index in [1.807, 2.05) is 0 Å². The molecule has 0 aliphatic carbocycles. The molecule has 90 valence electrons. The van der Waals surface area contributed by atoms with Gasteiger partial charge in [0.05, 0.1) is 6.61 Å². The Morgan fingerprint density at radius 2 is 1.88 bits per heavy atom. The van der Waals surface area contributed by atoms with Crippen molar-refractivity contribution in [2.45, 2.75) is 33.3 Å². The highest BCUT2D eigenvalue weighted by molar-refractivity contribution is 5.26. The lowest BCUT2D eigenvalue weighted by molar-refractivity contribution is 0.121. The van der Waals surface area contributed by atoms with E-state index in [0.717, 1.165) is 39.1 Å². The van der Waals surface area contributed by atoms with Crippen molar-refractivity contribution in [1.29, 1.82) is 0 Å². The number of hydrogen-bond donors (Lipinski definition) is 1. The number of likely N-dealkylation sites (N-methyl/N-ethyl adjacent to an activating group) is 1. The molecular formula is C14H23NO. The van der Waals surface area contributed by atoms with E-state index in [0.29, 0.717) is 0 Å². The normalized spacial score (nSPS) is 10.6. The topological polar surface area (TPSA) is 21.3 Å². The molecule has 0 saturated carbocycles. The summed E-state index contributed by atoms with van der Waals surface area (Å²) in [6.45, 7) is 7.95. The summed E-state index contributed by atoms with van der Waals surface area (Å²) >= 11 is 0. The monoisotopic (exact) mass is 221 g/mol. The summed E-state index contributed by atoms with van der Waals surface area (Å²) in [7, 11) is 0. The minimum atomic E-state index is 0.746. The highest BCUT2D eigenvalue weighted by atomic mass is 16.5. The molecule has 0 aliphatic rings. The molecule has 0 aliphatic heterocycles. The minimum Gasteiger partial charge on any atom is -0.377 e. The molecule has 1 N–H and O–H groups in total. The van der Waals surface area contributed by atoms with E-state index in [1.165, 1.54) is 11.1 Å². The molecule has 0 aromatic heterocycles. The predicted octanol–water partition coefficient (Wildman–Crippen LogP) is 2.77. The quantitative estimate of drug-likeness (QED) is 0.682. The first-order chi connectivity index (χ1) is 7.88. The van der Waals surface area contributed by atoms with Gasteiger partial charge < -0.3 is 10.1 Å². The third-order valence-electron chi connectivity index (χ3n) is 2.55. The number of ether oxygens (including phenoxy) is 1. The van der Waals surface area contributed by atoms with Crippen LogP contribution in [0, 0.1) is 0 Å². The van der Waals surface area contributed by atoms with Crippen molar-refractivity contribution in [2.24, 2.45) is 0 Å². The van der Waals surface area contributed by atoms with E-state index < -0.39 is 0 Å². The summed E-state index contributed by atoms with van der Waals surface area (Å²) in [5, 5.41) is 3.35. The Kier molecular flexibility index (Phi) is 6.86. The largest absolute Gasteiger partial charge is 0.377 e. The molecule has 1 rings (SSSR count). The average molecular weight is 221 g/mol. The molecule has 0 atom stereocenters. The second-order valence-corrected chi connectivity index (χ2v) is 3.92. The van der Waals surface area contributed by atoms with Gasteiger partial charge in [0.15, 0.2) is 0 Å². The standard InChI is InChI=1S/C14H23NO/c1-3-11-16-12-14-8-6-5-7-13(14)9-10-15-4-2/h5-8,15H,3-4,9-12H2,1-2H3. The van der Waals surface area contributed by atoms with Gasteiger partial charge in [-0.15, -0.1) is 0 Å². The van der Waals surface area contributed by atoms with Crippen molar-refractivity contribution in [3.05, 3.63) is 35.4 Å². The first kappa shape index (κ1) is 13.2. The smallest absolute Gasteiger partial charge is 0.0719 e. The summed E-state index contributed by atoms with van der Waals surface area (Å²) in [4.78, 5) is 0. The first-order valence-electron chi connectivity index (χ1n) is 6.23. The van der Waals surface area contributed by atoms with Crippen LogP contribution in [0.4, 0.5) is 0 Å². The van der Waals surface area contributed by atoms with Crippen LogP contribution < -0.4 is 5.32 Å². The summed E-state index contributed by atoms with van der Waals surface area (Å²) in [6, 6.07) is 8.55.